The standard InChI is InChI=1S/C17H31NO/c1-16(8-3-2-4-9-16)14-18-15-7-12-19-17(13-15)10-5-6-11-17/h15,18H,2-14H2,1H3. The fourth-order valence-electron chi connectivity index (χ4n) is 4.54. The molecule has 3 aliphatic rings. The number of nitrogens with one attached hydrogen (secondary N) is 1. The summed E-state index contributed by atoms with van der Waals surface area (Å²) >= 11 is 0. The van der Waals surface area contributed by atoms with Crippen molar-refractivity contribution < 1.29 is 4.74 Å². The van der Waals surface area contributed by atoms with Crippen molar-refractivity contribution in [3.63, 3.8) is 0 Å². The molecule has 1 aliphatic heterocycles. The summed E-state index contributed by atoms with van der Waals surface area (Å²) in [6.07, 6.45) is 15.0. The number of hydrogen-bond acceptors (Lipinski definition) is 2. The lowest BCUT2D eigenvalue weighted by Crippen LogP contribution is -2.48. The van der Waals surface area contributed by atoms with Crippen molar-refractivity contribution in [1.29, 1.82) is 0 Å². The highest BCUT2D eigenvalue weighted by Gasteiger charge is 2.40. The lowest BCUT2D eigenvalue weighted by molar-refractivity contribution is -0.0846. The topological polar surface area (TPSA) is 21.3 Å². The summed E-state index contributed by atoms with van der Waals surface area (Å²) in [5.74, 6) is 0. The van der Waals surface area contributed by atoms with Crippen LogP contribution in [0.3, 0.4) is 0 Å². The summed E-state index contributed by atoms with van der Waals surface area (Å²) in [6.45, 7) is 4.70. The molecule has 1 N–H and O–H groups in total. The lowest BCUT2D eigenvalue weighted by atomic mass is 9.75. The van der Waals surface area contributed by atoms with Gasteiger partial charge in [-0.05, 0) is 43.9 Å². The van der Waals surface area contributed by atoms with Gasteiger partial charge in [0.2, 0.25) is 0 Å². The lowest BCUT2D eigenvalue weighted by Gasteiger charge is -2.41. The van der Waals surface area contributed by atoms with Crippen LogP contribution in [0.15, 0.2) is 0 Å². The Morgan fingerprint density at radius 3 is 2.42 bits per heavy atom. The minimum atomic E-state index is 0.267. The highest BCUT2D eigenvalue weighted by molar-refractivity contribution is 4.94. The van der Waals surface area contributed by atoms with E-state index in [1.807, 2.05) is 0 Å². The minimum Gasteiger partial charge on any atom is -0.375 e. The molecule has 1 spiro atoms. The largest absolute Gasteiger partial charge is 0.375 e. The van der Waals surface area contributed by atoms with Crippen LogP contribution >= 0.6 is 0 Å². The van der Waals surface area contributed by atoms with Crippen LogP contribution < -0.4 is 5.32 Å². The molecule has 2 aliphatic carbocycles. The first-order valence-electron chi connectivity index (χ1n) is 8.57. The van der Waals surface area contributed by atoms with Gasteiger partial charge in [-0.25, -0.2) is 0 Å². The van der Waals surface area contributed by atoms with Crippen LogP contribution in [0.2, 0.25) is 0 Å². The van der Waals surface area contributed by atoms with Crippen LogP contribution in [0.5, 0.6) is 0 Å². The SMILES string of the molecule is CC1(CNC2CCOC3(CCCC3)C2)CCCCC1. The van der Waals surface area contributed by atoms with Crippen LogP contribution in [0, 0.1) is 5.41 Å². The normalized spacial score (nSPS) is 33.6. The maximum atomic E-state index is 6.13. The monoisotopic (exact) mass is 265 g/mol. The van der Waals surface area contributed by atoms with E-state index in [2.05, 4.69) is 12.2 Å². The first-order valence-corrected chi connectivity index (χ1v) is 8.57. The average Bonchev–Trinajstić information content (AvgIpc) is 2.86. The Balaban J connectivity index is 1.49. The Bertz CT molecular complexity index is 290. The van der Waals surface area contributed by atoms with Crippen LogP contribution in [0.4, 0.5) is 0 Å². The molecule has 0 bridgehead atoms. The third-order valence-electron chi connectivity index (χ3n) is 5.89. The molecule has 0 radical (unpaired) electrons. The number of hydrogen-bond donors (Lipinski definition) is 1. The molecule has 110 valence electrons. The van der Waals surface area contributed by atoms with Gasteiger partial charge in [-0.2, -0.15) is 0 Å². The van der Waals surface area contributed by atoms with Crippen molar-refractivity contribution in [3.05, 3.63) is 0 Å². The Morgan fingerprint density at radius 2 is 1.68 bits per heavy atom. The Hall–Kier alpha value is -0.0800. The second kappa shape index (κ2) is 5.73. The highest BCUT2D eigenvalue weighted by atomic mass is 16.5. The van der Waals surface area contributed by atoms with Crippen molar-refractivity contribution in [2.45, 2.75) is 89.2 Å². The van der Waals surface area contributed by atoms with Crippen LogP contribution in [0.1, 0.15) is 77.6 Å². The van der Waals surface area contributed by atoms with Crippen LogP contribution in [-0.2, 0) is 4.74 Å². The molecule has 1 unspecified atom stereocenters. The summed E-state index contributed by atoms with van der Waals surface area (Å²) in [5.41, 5.74) is 0.836. The molecule has 0 amide bonds. The van der Waals surface area contributed by atoms with E-state index in [4.69, 9.17) is 4.74 Å². The van der Waals surface area contributed by atoms with Gasteiger partial charge >= 0.3 is 0 Å². The van der Waals surface area contributed by atoms with E-state index < -0.39 is 0 Å². The predicted molar refractivity (Wildman–Crippen MR) is 79.4 cm³/mol. The third-order valence-corrected chi connectivity index (χ3v) is 5.89. The van der Waals surface area contributed by atoms with Gasteiger partial charge in [0, 0.05) is 19.2 Å². The second-order valence-electron chi connectivity index (χ2n) is 7.68. The predicted octanol–water partition coefficient (Wildman–Crippen LogP) is 4.04. The smallest absolute Gasteiger partial charge is 0.0697 e. The fourth-order valence-corrected chi connectivity index (χ4v) is 4.54. The Kier molecular flexibility index (Phi) is 4.19. The molecular formula is C17H31NO. The molecule has 2 nitrogen and oxygen atoms in total. The van der Waals surface area contributed by atoms with Crippen LogP contribution in [-0.4, -0.2) is 24.8 Å². The summed E-state index contributed by atoms with van der Waals surface area (Å²) in [5, 5.41) is 3.90. The highest BCUT2D eigenvalue weighted by Crippen LogP contribution is 2.40. The van der Waals surface area contributed by atoms with E-state index >= 15 is 0 Å². The van der Waals surface area contributed by atoms with Crippen molar-refractivity contribution in [2.75, 3.05) is 13.2 Å². The van der Waals surface area contributed by atoms with Gasteiger partial charge in [-0.3, -0.25) is 0 Å². The van der Waals surface area contributed by atoms with Gasteiger partial charge in [-0.15, -0.1) is 0 Å². The van der Waals surface area contributed by atoms with E-state index in [9.17, 15) is 0 Å². The van der Waals surface area contributed by atoms with Crippen molar-refractivity contribution >= 4 is 0 Å². The minimum absolute atomic E-state index is 0.267. The average molecular weight is 265 g/mol. The van der Waals surface area contributed by atoms with Crippen molar-refractivity contribution in [2.24, 2.45) is 5.41 Å². The maximum Gasteiger partial charge on any atom is 0.0697 e. The van der Waals surface area contributed by atoms with Crippen molar-refractivity contribution in [1.82, 2.24) is 5.32 Å². The zero-order chi connectivity index (χ0) is 13.2. The van der Waals surface area contributed by atoms with Gasteiger partial charge in [0.15, 0.2) is 0 Å². The first kappa shape index (κ1) is 13.9. The van der Waals surface area contributed by atoms with Gasteiger partial charge < -0.3 is 10.1 Å². The number of ether oxygens (including phenoxy) is 1. The zero-order valence-electron chi connectivity index (χ0n) is 12.7. The van der Waals surface area contributed by atoms with E-state index in [-0.39, 0.29) is 5.60 Å². The number of rotatable bonds is 3. The molecule has 19 heavy (non-hydrogen) atoms. The fraction of sp³-hybridized carbons (Fsp3) is 1.00. The van der Waals surface area contributed by atoms with Crippen molar-refractivity contribution in [3.8, 4) is 0 Å². The molecule has 0 aromatic heterocycles. The Morgan fingerprint density at radius 1 is 1.00 bits per heavy atom. The molecule has 0 aromatic rings. The third kappa shape index (κ3) is 3.33. The summed E-state index contributed by atoms with van der Waals surface area (Å²) in [7, 11) is 0. The summed E-state index contributed by atoms with van der Waals surface area (Å²) in [6, 6.07) is 0.714. The van der Waals surface area contributed by atoms with Gasteiger partial charge in [0.05, 0.1) is 5.60 Å². The van der Waals surface area contributed by atoms with E-state index in [0.29, 0.717) is 11.5 Å². The quantitative estimate of drug-likeness (QED) is 0.831. The van der Waals surface area contributed by atoms with Gasteiger partial charge in [0.25, 0.3) is 0 Å². The molecule has 2 saturated carbocycles. The molecule has 1 saturated heterocycles. The first-order chi connectivity index (χ1) is 9.20. The van der Waals surface area contributed by atoms with E-state index in [1.165, 1.54) is 77.2 Å². The van der Waals surface area contributed by atoms with E-state index in [1.54, 1.807) is 0 Å². The molecule has 1 atom stereocenters. The second-order valence-corrected chi connectivity index (χ2v) is 7.68. The molecule has 0 aromatic carbocycles. The van der Waals surface area contributed by atoms with Gasteiger partial charge in [0.1, 0.15) is 0 Å². The summed E-state index contributed by atoms with van der Waals surface area (Å²) in [4.78, 5) is 0. The van der Waals surface area contributed by atoms with E-state index in [0.717, 1.165) is 6.61 Å². The Labute approximate surface area is 118 Å². The van der Waals surface area contributed by atoms with Gasteiger partial charge in [-0.1, -0.05) is 39.0 Å². The molecule has 1 heterocycles. The summed E-state index contributed by atoms with van der Waals surface area (Å²) < 4.78 is 6.13. The van der Waals surface area contributed by atoms with Crippen LogP contribution in [0.25, 0.3) is 0 Å². The maximum absolute atomic E-state index is 6.13. The molecule has 3 rings (SSSR count). The molecular weight excluding hydrogens is 234 g/mol. The molecule has 2 heteroatoms. The molecule has 3 fully saturated rings. The zero-order valence-corrected chi connectivity index (χ0v) is 12.7.